The molecule has 0 bridgehead atoms. The Morgan fingerprint density at radius 3 is 2.58 bits per heavy atom. The summed E-state index contributed by atoms with van der Waals surface area (Å²) in [6, 6.07) is 7.41. The van der Waals surface area contributed by atoms with Crippen molar-refractivity contribution in [3.8, 4) is 0 Å². The molecule has 2 heterocycles. The van der Waals surface area contributed by atoms with Gasteiger partial charge >= 0.3 is 0 Å². The van der Waals surface area contributed by atoms with Crippen molar-refractivity contribution in [3.05, 3.63) is 23.8 Å². The lowest BCUT2D eigenvalue weighted by molar-refractivity contribution is 0.0904. The molecule has 0 amide bonds. The molecule has 0 radical (unpaired) electrons. The fourth-order valence-corrected chi connectivity index (χ4v) is 3.04. The summed E-state index contributed by atoms with van der Waals surface area (Å²) in [5, 5.41) is 3.67. The first kappa shape index (κ1) is 12.8. The van der Waals surface area contributed by atoms with E-state index in [4.69, 9.17) is 4.74 Å². The molecule has 3 heteroatoms. The Kier molecular flexibility index (Phi) is 3.92. The number of anilines is 2. The van der Waals surface area contributed by atoms with Crippen molar-refractivity contribution in [1.82, 2.24) is 0 Å². The first-order chi connectivity index (χ1) is 9.33. The van der Waals surface area contributed by atoms with Gasteiger partial charge in [0.25, 0.3) is 0 Å². The van der Waals surface area contributed by atoms with Crippen molar-refractivity contribution in [3.63, 3.8) is 0 Å². The topological polar surface area (TPSA) is 24.5 Å². The third kappa shape index (κ3) is 3.03. The zero-order valence-electron chi connectivity index (χ0n) is 11.8. The molecule has 0 unspecified atom stereocenters. The van der Waals surface area contributed by atoms with Crippen molar-refractivity contribution in [1.29, 1.82) is 0 Å². The highest BCUT2D eigenvalue weighted by Gasteiger charge is 2.16. The minimum Gasteiger partial charge on any atom is -0.382 e. The minimum atomic E-state index is 0.574. The van der Waals surface area contributed by atoms with Crippen LogP contribution < -0.4 is 10.2 Å². The summed E-state index contributed by atoms with van der Waals surface area (Å²) in [5.74, 6) is 0. The molecule has 1 aromatic rings. The Balaban J connectivity index is 1.68. The molecule has 3 rings (SSSR count). The van der Waals surface area contributed by atoms with Gasteiger partial charge in [0.2, 0.25) is 0 Å². The van der Waals surface area contributed by atoms with Crippen LogP contribution in [0.4, 0.5) is 11.4 Å². The molecule has 0 saturated carbocycles. The summed E-state index contributed by atoms with van der Waals surface area (Å²) >= 11 is 0. The van der Waals surface area contributed by atoms with E-state index in [9.17, 15) is 0 Å². The van der Waals surface area contributed by atoms with Crippen LogP contribution >= 0.6 is 0 Å². The van der Waals surface area contributed by atoms with Gasteiger partial charge in [-0.25, -0.2) is 0 Å². The van der Waals surface area contributed by atoms with E-state index in [0.717, 1.165) is 26.1 Å². The first-order valence-corrected chi connectivity index (χ1v) is 7.53. The van der Waals surface area contributed by atoms with Gasteiger partial charge in [0.05, 0.1) is 0 Å². The molecule has 0 aromatic heterocycles. The fourth-order valence-electron chi connectivity index (χ4n) is 3.04. The van der Waals surface area contributed by atoms with Crippen LogP contribution in [0.3, 0.4) is 0 Å². The Hall–Kier alpha value is -1.22. The zero-order chi connectivity index (χ0) is 13.1. The normalized spacial score (nSPS) is 20.8. The van der Waals surface area contributed by atoms with Gasteiger partial charge in [0.1, 0.15) is 0 Å². The predicted octanol–water partition coefficient (Wildman–Crippen LogP) is 3.19. The maximum absolute atomic E-state index is 5.41. The van der Waals surface area contributed by atoms with Crippen molar-refractivity contribution < 1.29 is 4.74 Å². The zero-order valence-corrected chi connectivity index (χ0v) is 11.8. The fraction of sp³-hybridized carbons (Fsp3) is 0.625. The van der Waals surface area contributed by atoms with E-state index in [-0.39, 0.29) is 0 Å². The number of ether oxygens (including phenoxy) is 1. The molecule has 2 aliphatic heterocycles. The van der Waals surface area contributed by atoms with Crippen molar-refractivity contribution in [2.24, 2.45) is 0 Å². The monoisotopic (exact) mass is 260 g/mol. The summed E-state index contributed by atoms with van der Waals surface area (Å²) in [6.45, 7) is 6.42. The number of nitrogens with zero attached hydrogens (tertiary/aromatic N) is 1. The molecule has 2 saturated heterocycles. The van der Waals surface area contributed by atoms with Crippen molar-refractivity contribution >= 4 is 11.4 Å². The number of nitrogens with one attached hydrogen (secondary N) is 1. The number of hydrogen-bond donors (Lipinski definition) is 1. The van der Waals surface area contributed by atoms with E-state index in [2.05, 4.69) is 35.3 Å². The van der Waals surface area contributed by atoms with Crippen LogP contribution in [0.1, 0.15) is 31.2 Å². The maximum atomic E-state index is 5.41. The summed E-state index contributed by atoms with van der Waals surface area (Å²) in [7, 11) is 0. The quantitative estimate of drug-likeness (QED) is 0.903. The molecule has 2 fully saturated rings. The summed E-state index contributed by atoms with van der Waals surface area (Å²) in [5.41, 5.74) is 4.03. The van der Waals surface area contributed by atoms with Gasteiger partial charge in [-0.3, -0.25) is 0 Å². The SMILES string of the molecule is Cc1cc(N2CCCC2)ccc1NC1CCOCC1. The van der Waals surface area contributed by atoms with Crippen LogP contribution in [0.25, 0.3) is 0 Å². The second-order valence-electron chi connectivity index (χ2n) is 5.72. The lowest BCUT2D eigenvalue weighted by atomic mass is 10.1. The Labute approximate surface area is 115 Å². The third-order valence-corrected chi connectivity index (χ3v) is 4.26. The second-order valence-corrected chi connectivity index (χ2v) is 5.72. The average Bonchev–Trinajstić information content (AvgIpc) is 2.96. The first-order valence-electron chi connectivity index (χ1n) is 7.53. The molecule has 19 heavy (non-hydrogen) atoms. The van der Waals surface area contributed by atoms with Crippen LogP contribution in [-0.4, -0.2) is 32.3 Å². The van der Waals surface area contributed by atoms with Gasteiger partial charge in [-0.2, -0.15) is 0 Å². The molecule has 0 aliphatic carbocycles. The third-order valence-electron chi connectivity index (χ3n) is 4.26. The smallest absolute Gasteiger partial charge is 0.0485 e. The van der Waals surface area contributed by atoms with Crippen LogP contribution in [0.15, 0.2) is 18.2 Å². The van der Waals surface area contributed by atoms with E-state index in [1.54, 1.807) is 0 Å². The maximum Gasteiger partial charge on any atom is 0.0485 e. The Morgan fingerprint density at radius 2 is 1.89 bits per heavy atom. The van der Waals surface area contributed by atoms with Gasteiger partial charge < -0.3 is 15.0 Å². The number of benzene rings is 1. The largest absolute Gasteiger partial charge is 0.382 e. The van der Waals surface area contributed by atoms with E-state index >= 15 is 0 Å². The van der Waals surface area contributed by atoms with E-state index in [0.29, 0.717) is 6.04 Å². The van der Waals surface area contributed by atoms with E-state index < -0.39 is 0 Å². The highest BCUT2D eigenvalue weighted by Crippen LogP contribution is 2.26. The van der Waals surface area contributed by atoms with Crippen LogP contribution in [0.5, 0.6) is 0 Å². The average molecular weight is 260 g/mol. The summed E-state index contributed by atoms with van der Waals surface area (Å²) in [6.07, 6.45) is 4.91. The van der Waals surface area contributed by atoms with Gasteiger partial charge in [-0.15, -0.1) is 0 Å². The van der Waals surface area contributed by atoms with Gasteiger partial charge in [0, 0.05) is 43.7 Å². The Bertz CT molecular complexity index is 421. The molecular formula is C16H24N2O. The molecular weight excluding hydrogens is 236 g/mol. The van der Waals surface area contributed by atoms with E-state index in [1.807, 2.05) is 0 Å². The van der Waals surface area contributed by atoms with Gasteiger partial charge in [0.15, 0.2) is 0 Å². The lowest BCUT2D eigenvalue weighted by Crippen LogP contribution is -2.28. The molecule has 0 spiro atoms. The second kappa shape index (κ2) is 5.83. The predicted molar refractivity (Wildman–Crippen MR) is 80.1 cm³/mol. The molecule has 3 nitrogen and oxygen atoms in total. The van der Waals surface area contributed by atoms with E-state index in [1.165, 1.54) is 42.9 Å². The standard InChI is InChI=1S/C16H24N2O/c1-13-12-15(18-8-2-3-9-18)4-5-16(13)17-14-6-10-19-11-7-14/h4-5,12,14,17H,2-3,6-11H2,1H3. The van der Waals surface area contributed by atoms with Crippen LogP contribution in [-0.2, 0) is 4.74 Å². The highest BCUT2D eigenvalue weighted by atomic mass is 16.5. The van der Waals surface area contributed by atoms with Crippen molar-refractivity contribution in [2.75, 3.05) is 36.5 Å². The molecule has 1 N–H and O–H groups in total. The lowest BCUT2D eigenvalue weighted by Gasteiger charge is -2.26. The van der Waals surface area contributed by atoms with Crippen LogP contribution in [0.2, 0.25) is 0 Å². The number of hydrogen-bond acceptors (Lipinski definition) is 3. The number of aryl methyl sites for hydroxylation is 1. The highest BCUT2D eigenvalue weighted by molar-refractivity contribution is 5.60. The minimum absolute atomic E-state index is 0.574. The van der Waals surface area contributed by atoms with Gasteiger partial charge in [-0.05, 0) is 56.4 Å². The molecule has 2 aliphatic rings. The molecule has 0 atom stereocenters. The summed E-state index contributed by atoms with van der Waals surface area (Å²) in [4.78, 5) is 2.49. The van der Waals surface area contributed by atoms with Crippen LogP contribution in [0, 0.1) is 6.92 Å². The van der Waals surface area contributed by atoms with Crippen molar-refractivity contribution in [2.45, 2.75) is 38.6 Å². The molecule has 104 valence electrons. The Morgan fingerprint density at radius 1 is 1.16 bits per heavy atom. The summed E-state index contributed by atoms with van der Waals surface area (Å²) < 4.78 is 5.41. The molecule has 1 aromatic carbocycles. The number of rotatable bonds is 3. The van der Waals surface area contributed by atoms with Gasteiger partial charge in [-0.1, -0.05) is 0 Å².